The third-order valence-electron chi connectivity index (χ3n) is 4.63. The molecule has 2 aromatic rings. The minimum Gasteiger partial charge on any atom is -0.309 e. The van der Waals surface area contributed by atoms with Gasteiger partial charge >= 0.3 is 7.60 Å². The molecule has 0 unspecified atom stereocenters. The maximum absolute atomic E-state index is 13.1. The molecule has 0 saturated heterocycles. The van der Waals surface area contributed by atoms with E-state index in [0.29, 0.717) is 25.3 Å². The topological polar surface area (TPSA) is 55.8 Å². The average molecular weight is 466 g/mol. The summed E-state index contributed by atoms with van der Waals surface area (Å²) in [4.78, 5) is 14.9. The monoisotopic (exact) mass is 465 g/mol. The lowest BCUT2D eigenvalue weighted by molar-refractivity contribution is 0.0985. The van der Waals surface area contributed by atoms with E-state index in [2.05, 4.69) is 22.0 Å². The molecule has 28 heavy (non-hydrogen) atoms. The molecule has 0 saturated carbocycles. The molecule has 1 aliphatic heterocycles. The zero-order valence-electron chi connectivity index (χ0n) is 16.2. The minimum absolute atomic E-state index is 0.0207. The van der Waals surface area contributed by atoms with Gasteiger partial charge in [0.05, 0.1) is 19.4 Å². The van der Waals surface area contributed by atoms with E-state index in [1.807, 2.05) is 29.2 Å². The van der Waals surface area contributed by atoms with E-state index in [4.69, 9.17) is 9.05 Å². The van der Waals surface area contributed by atoms with Crippen molar-refractivity contribution in [1.29, 1.82) is 0 Å². The second kappa shape index (κ2) is 9.36. The number of halogens is 1. The molecule has 5 nitrogen and oxygen atoms in total. The Balaban J connectivity index is 1.77. The molecule has 0 bridgehead atoms. The normalized spacial score (nSPS) is 14.0. The van der Waals surface area contributed by atoms with Gasteiger partial charge in [0.25, 0.3) is 5.91 Å². The summed E-state index contributed by atoms with van der Waals surface area (Å²) in [7, 11) is -3.15. The van der Waals surface area contributed by atoms with E-state index < -0.39 is 7.60 Å². The molecule has 0 atom stereocenters. The van der Waals surface area contributed by atoms with Crippen molar-refractivity contribution in [3.05, 3.63) is 63.6 Å². The van der Waals surface area contributed by atoms with Gasteiger partial charge in [-0.1, -0.05) is 28.1 Å². The van der Waals surface area contributed by atoms with Crippen LogP contribution >= 0.6 is 23.5 Å². The van der Waals surface area contributed by atoms with Crippen molar-refractivity contribution < 1.29 is 18.4 Å². The average Bonchev–Trinajstić information content (AvgIpc) is 2.67. The molecule has 7 heteroatoms. The molecule has 1 amide bonds. The number of hydrogen-bond donors (Lipinski definition) is 0. The van der Waals surface area contributed by atoms with E-state index in [-0.39, 0.29) is 12.1 Å². The molecule has 150 valence electrons. The van der Waals surface area contributed by atoms with Crippen molar-refractivity contribution >= 4 is 35.1 Å². The van der Waals surface area contributed by atoms with Gasteiger partial charge in [-0.05, 0) is 68.1 Å². The fraction of sp³-hybridized carbons (Fsp3) is 0.381. The van der Waals surface area contributed by atoms with Crippen LogP contribution < -0.4 is 4.90 Å². The summed E-state index contributed by atoms with van der Waals surface area (Å²) in [6.45, 7) is 4.96. The lowest BCUT2D eigenvalue weighted by Gasteiger charge is -2.29. The third-order valence-corrected chi connectivity index (χ3v) is 7.18. The SMILES string of the molecule is CCOP(=O)(Cc1ccc(C(=O)N2CCCc3cc(Br)ccc32)cc1)OCC. The number of rotatable bonds is 7. The number of carbonyl (C=O) groups is 1. The highest BCUT2D eigenvalue weighted by molar-refractivity contribution is 9.10. The maximum Gasteiger partial charge on any atom is 0.335 e. The number of hydrogen-bond acceptors (Lipinski definition) is 4. The zero-order chi connectivity index (χ0) is 20.1. The first-order chi connectivity index (χ1) is 13.5. The predicted octanol–water partition coefficient (Wildman–Crippen LogP) is 5.81. The first kappa shape index (κ1) is 21.3. The van der Waals surface area contributed by atoms with Crippen molar-refractivity contribution in [3.8, 4) is 0 Å². The fourth-order valence-corrected chi connectivity index (χ4v) is 5.54. The molecule has 3 rings (SSSR count). The number of benzene rings is 2. The van der Waals surface area contributed by atoms with Gasteiger partial charge in [-0.25, -0.2) is 0 Å². The standard InChI is InChI=1S/C21H25BrNO4P/c1-3-26-28(25,27-4-2)15-16-7-9-17(10-8-16)21(24)23-13-5-6-18-14-19(22)11-12-20(18)23/h7-12,14H,3-6,13,15H2,1-2H3. The van der Waals surface area contributed by atoms with Gasteiger partial charge in [0.15, 0.2) is 0 Å². The highest BCUT2D eigenvalue weighted by Gasteiger charge is 2.26. The molecular weight excluding hydrogens is 441 g/mol. The van der Waals surface area contributed by atoms with E-state index in [9.17, 15) is 9.36 Å². The molecule has 1 heterocycles. The summed E-state index contributed by atoms with van der Waals surface area (Å²) in [5.74, 6) is -0.0207. The number of fused-ring (bicyclic) bond motifs is 1. The van der Waals surface area contributed by atoms with Crippen molar-refractivity contribution in [2.24, 2.45) is 0 Å². The molecule has 0 fully saturated rings. The highest BCUT2D eigenvalue weighted by Crippen LogP contribution is 2.51. The van der Waals surface area contributed by atoms with Gasteiger partial charge in [-0.2, -0.15) is 0 Å². The lowest BCUT2D eigenvalue weighted by atomic mass is 10.0. The Morgan fingerprint density at radius 3 is 2.43 bits per heavy atom. The Morgan fingerprint density at radius 2 is 1.79 bits per heavy atom. The quantitative estimate of drug-likeness (QED) is 0.484. The molecule has 1 aliphatic rings. The van der Waals surface area contributed by atoms with E-state index in [0.717, 1.165) is 28.6 Å². The number of amides is 1. The van der Waals surface area contributed by atoms with Crippen LogP contribution in [0, 0.1) is 0 Å². The Kier molecular flexibility index (Phi) is 7.10. The number of carbonyl (C=O) groups excluding carboxylic acids is 1. The van der Waals surface area contributed by atoms with E-state index >= 15 is 0 Å². The Morgan fingerprint density at radius 1 is 1.11 bits per heavy atom. The van der Waals surface area contributed by atoms with Gasteiger partial charge < -0.3 is 13.9 Å². The van der Waals surface area contributed by atoms with Crippen LogP contribution in [0.25, 0.3) is 0 Å². The van der Waals surface area contributed by atoms with Gasteiger partial charge in [0.1, 0.15) is 0 Å². The van der Waals surface area contributed by atoms with Crippen molar-refractivity contribution in [2.75, 3.05) is 24.7 Å². The molecule has 0 aliphatic carbocycles. The first-order valence-corrected chi connectivity index (χ1v) is 12.0. The molecule has 0 spiro atoms. The largest absolute Gasteiger partial charge is 0.335 e. The molecule has 0 radical (unpaired) electrons. The summed E-state index contributed by atoms with van der Waals surface area (Å²) >= 11 is 3.50. The van der Waals surface area contributed by atoms with Gasteiger partial charge in [0.2, 0.25) is 0 Å². The lowest BCUT2D eigenvalue weighted by Crippen LogP contribution is -2.35. The third kappa shape index (κ3) is 4.93. The van der Waals surface area contributed by atoms with Crippen LogP contribution in [0.5, 0.6) is 0 Å². The smallest absolute Gasteiger partial charge is 0.309 e. The van der Waals surface area contributed by atoms with Crippen molar-refractivity contribution in [3.63, 3.8) is 0 Å². The van der Waals surface area contributed by atoms with Crippen LogP contribution in [0.1, 0.15) is 41.8 Å². The Hall–Kier alpha value is -1.46. The van der Waals surface area contributed by atoms with Crippen molar-refractivity contribution in [1.82, 2.24) is 0 Å². The van der Waals surface area contributed by atoms with Gasteiger partial charge in [-0.15, -0.1) is 0 Å². The predicted molar refractivity (Wildman–Crippen MR) is 115 cm³/mol. The Bertz CT molecular complexity index is 874. The second-order valence-electron chi connectivity index (χ2n) is 6.63. The zero-order valence-corrected chi connectivity index (χ0v) is 18.7. The van der Waals surface area contributed by atoms with Crippen LogP contribution in [-0.4, -0.2) is 25.7 Å². The summed E-state index contributed by atoms with van der Waals surface area (Å²) in [5.41, 5.74) is 3.59. The maximum atomic E-state index is 13.1. The first-order valence-electron chi connectivity index (χ1n) is 9.53. The van der Waals surface area contributed by atoms with Crippen LogP contribution in [0.4, 0.5) is 5.69 Å². The van der Waals surface area contributed by atoms with Crippen LogP contribution in [0.15, 0.2) is 46.9 Å². The number of nitrogens with zero attached hydrogens (tertiary/aromatic N) is 1. The molecule has 2 aromatic carbocycles. The van der Waals surface area contributed by atoms with Crippen LogP contribution in [-0.2, 0) is 26.2 Å². The van der Waals surface area contributed by atoms with E-state index in [1.165, 1.54) is 5.56 Å². The summed E-state index contributed by atoms with van der Waals surface area (Å²) in [6, 6.07) is 13.3. The molecule has 0 N–H and O–H groups in total. The molecular formula is C21H25BrNO4P. The molecule has 0 aromatic heterocycles. The van der Waals surface area contributed by atoms with E-state index in [1.54, 1.807) is 26.0 Å². The van der Waals surface area contributed by atoms with Gasteiger partial charge in [0, 0.05) is 22.3 Å². The Labute approximate surface area is 174 Å². The minimum atomic E-state index is -3.15. The summed E-state index contributed by atoms with van der Waals surface area (Å²) in [5, 5.41) is 0. The van der Waals surface area contributed by atoms with Crippen LogP contribution in [0.2, 0.25) is 0 Å². The number of aryl methyl sites for hydroxylation is 1. The number of anilines is 1. The van der Waals surface area contributed by atoms with Crippen molar-refractivity contribution in [2.45, 2.75) is 32.9 Å². The second-order valence-corrected chi connectivity index (χ2v) is 9.60. The summed E-state index contributed by atoms with van der Waals surface area (Å²) in [6.07, 6.45) is 2.12. The summed E-state index contributed by atoms with van der Waals surface area (Å²) < 4.78 is 24.4. The highest BCUT2D eigenvalue weighted by atomic mass is 79.9. The fourth-order valence-electron chi connectivity index (χ4n) is 3.43. The van der Waals surface area contributed by atoms with Crippen LogP contribution in [0.3, 0.4) is 0 Å². The van der Waals surface area contributed by atoms with Gasteiger partial charge in [-0.3, -0.25) is 9.36 Å².